The third kappa shape index (κ3) is 3.33. The van der Waals surface area contributed by atoms with E-state index >= 15 is 0 Å². The molecule has 110 valence electrons. The highest BCUT2D eigenvalue weighted by Crippen LogP contribution is 2.21. The highest BCUT2D eigenvalue weighted by molar-refractivity contribution is 6.10. The van der Waals surface area contributed by atoms with E-state index in [1.807, 2.05) is 32.0 Å². The molecule has 0 aliphatic rings. The Bertz CT molecular complexity index is 786. The molecule has 0 saturated carbocycles. The summed E-state index contributed by atoms with van der Waals surface area (Å²) in [4.78, 5) is 12.2. The Morgan fingerprint density at radius 1 is 1.18 bits per heavy atom. The van der Waals surface area contributed by atoms with Gasteiger partial charge in [-0.25, -0.2) is 0 Å². The van der Waals surface area contributed by atoms with Gasteiger partial charge in [-0.2, -0.15) is 5.26 Å². The number of carbonyl (C=O) groups is 1. The fourth-order valence-corrected chi connectivity index (χ4v) is 1.99. The molecule has 0 spiro atoms. The van der Waals surface area contributed by atoms with Crippen molar-refractivity contribution in [1.29, 1.82) is 5.26 Å². The van der Waals surface area contributed by atoms with Crippen LogP contribution in [0.3, 0.4) is 0 Å². The second-order valence-corrected chi connectivity index (χ2v) is 4.93. The first kappa shape index (κ1) is 15.3. The largest absolute Gasteiger partial charge is 0.507 e. The topological polar surface area (TPSA) is 73.1 Å². The molecule has 0 bridgehead atoms. The molecule has 22 heavy (non-hydrogen) atoms. The van der Waals surface area contributed by atoms with Gasteiger partial charge in [0, 0.05) is 11.3 Å². The predicted octanol–water partition coefficient (Wildman–Crippen LogP) is 3.55. The molecule has 0 radical (unpaired) electrons. The minimum Gasteiger partial charge on any atom is -0.507 e. The molecule has 4 nitrogen and oxygen atoms in total. The summed E-state index contributed by atoms with van der Waals surface area (Å²) in [5.41, 5.74) is 3.04. The van der Waals surface area contributed by atoms with E-state index < -0.39 is 5.91 Å². The lowest BCUT2D eigenvalue weighted by molar-refractivity contribution is -0.112. The number of carbonyl (C=O) groups excluding carboxylic acids is 1. The minimum absolute atomic E-state index is 0.0230. The number of para-hydroxylation sites is 1. The number of nitriles is 1. The van der Waals surface area contributed by atoms with Gasteiger partial charge < -0.3 is 10.4 Å². The SMILES string of the molecule is Cc1cccc(NC(=O)/C(C#N)=C\c2ccccc2O)c1C. The quantitative estimate of drug-likeness (QED) is 0.671. The Morgan fingerprint density at radius 3 is 2.59 bits per heavy atom. The summed E-state index contributed by atoms with van der Waals surface area (Å²) >= 11 is 0. The van der Waals surface area contributed by atoms with Gasteiger partial charge in [0.2, 0.25) is 0 Å². The van der Waals surface area contributed by atoms with Crippen molar-refractivity contribution in [3.63, 3.8) is 0 Å². The van der Waals surface area contributed by atoms with Gasteiger partial charge >= 0.3 is 0 Å². The maximum Gasteiger partial charge on any atom is 0.266 e. The van der Waals surface area contributed by atoms with E-state index in [9.17, 15) is 15.2 Å². The van der Waals surface area contributed by atoms with E-state index in [4.69, 9.17) is 0 Å². The normalized spacial score (nSPS) is 10.9. The number of anilines is 1. The summed E-state index contributed by atoms with van der Waals surface area (Å²) in [7, 11) is 0. The molecule has 2 N–H and O–H groups in total. The second-order valence-electron chi connectivity index (χ2n) is 4.93. The Labute approximate surface area is 129 Å². The number of amides is 1. The Balaban J connectivity index is 2.29. The lowest BCUT2D eigenvalue weighted by atomic mass is 10.1. The average molecular weight is 292 g/mol. The van der Waals surface area contributed by atoms with E-state index in [0.29, 0.717) is 11.3 Å². The third-order valence-electron chi connectivity index (χ3n) is 3.45. The maximum atomic E-state index is 12.2. The number of aromatic hydroxyl groups is 1. The number of phenols is 1. The van der Waals surface area contributed by atoms with Crippen molar-refractivity contribution >= 4 is 17.7 Å². The lowest BCUT2D eigenvalue weighted by Crippen LogP contribution is -2.14. The molecule has 0 aliphatic carbocycles. The molecular formula is C18H16N2O2. The van der Waals surface area contributed by atoms with Gasteiger partial charge in [0.05, 0.1) is 0 Å². The van der Waals surface area contributed by atoms with Gasteiger partial charge in [0.1, 0.15) is 17.4 Å². The Hall–Kier alpha value is -3.06. The number of nitrogens with zero attached hydrogens (tertiary/aromatic N) is 1. The van der Waals surface area contributed by atoms with Gasteiger partial charge in [-0.3, -0.25) is 4.79 Å². The summed E-state index contributed by atoms with van der Waals surface area (Å²) < 4.78 is 0. The molecule has 2 aromatic carbocycles. The first-order valence-corrected chi connectivity index (χ1v) is 6.80. The maximum absolute atomic E-state index is 12.2. The van der Waals surface area contributed by atoms with Crippen LogP contribution in [0.15, 0.2) is 48.0 Å². The second kappa shape index (κ2) is 6.59. The number of aryl methyl sites for hydroxylation is 1. The van der Waals surface area contributed by atoms with Crippen molar-refractivity contribution in [1.82, 2.24) is 0 Å². The molecule has 0 atom stereocenters. The van der Waals surface area contributed by atoms with Crippen molar-refractivity contribution in [3.05, 3.63) is 64.7 Å². The van der Waals surface area contributed by atoms with E-state index in [1.54, 1.807) is 24.3 Å². The molecule has 2 rings (SSSR count). The van der Waals surface area contributed by atoms with Crippen LogP contribution in [0.25, 0.3) is 6.08 Å². The van der Waals surface area contributed by atoms with Gasteiger partial charge in [0.25, 0.3) is 5.91 Å². The zero-order valence-corrected chi connectivity index (χ0v) is 12.4. The first-order valence-electron chi connectivity index (χ1n) is 6.80. The van der Waals surface area contributed by atoms with E-state index in [0.717, 1.165) is 11.1 Å². The summed E-state index contributed by atoms with van der Waals surface area (Å²) in [6.45, 7) is 3.86. The molecule has 2 aromatic rings. The van der Waals surface area contributed by atoms with Gasteiger partial charge in [-0.1, -0.05) is 30.3 Å². The van der Waals surface area contributed by atoms with Crippen molar-refractivity contribution < 1.29 is 9.90 Å². The summed E-state index contributed by atoms with van der Waals surface area (Å²) in [5, 5.41) is 21.6. The molecule has 0 aliphatic heterocycles. The monoisotopic (exact) mass is 292 g/mol. The predicted molar refractivity (Wildman–Crippen MR) is 86.2 cm³/mol. The fourth-order valence-electron chi connectivity index (χ4n) is 1.99. The Morgan fingerprint density at radius 2 is 1.91 bits per heavy atom. The summed E-state index contributed by atoms with van der Waals surface area (Å²) in [6.07, 6.45) is 1.37. The standard InChI is InChI=1S/C18H16N2O2/c1-12-6-5-8-16(13(12)2)20-18(22)15(11-19)10-14-7-3-4-9-17(14)21/h3-10,21H,1-2H3,(H,20,22)/b15-10-. The smallest absolute Gasteiger partial charge is 0.266 e. The molecule has 0 fully saturated rings. The molecule has 4 heteroatoms. The van der Waals surface area contributed by atoms with Crippen LogP contribution >= 0.6 is 0 Å². The van der Waals surface area contributed by atoms with E-state index in [1.165, 1.54) is 12.1 Å². The molecule has 0 saturated heterocycles. The summed E-state index contributed by atoms with van der Waals surface area (Å²) in [5.74, 6) is -0.478. The van der Waals surface area contributed by atoms with Crippen LogP contribution < -0.4 is 5.32 Å². The van der Waals surface area contributed by atoms with Crippen LogP contribution in [0.1, 0.15) is 16.7 Å². The van der Waals surface area contributed by atoms with Crippen LogP contribution in [0.4, 0.5) is 5.69 Å². The number of benzene rings is 2. The van der Waals surface area contributed by atoms with E-state index in [-0.39, 0.29) is 11.3 Å². The number of hydrogen-bond acceptors (Lipinski definition) is 3. The number of phenolic OH excluding ortho intramolecular Hbond substituents is 1. The zero-order chi connectivity index (χ0) is 16.1. The van der Waals surface area contributed by atoms with Crippen LogP contribution in [0, 0.1) is 25.2 Å². The molecule has 0 heterocycles. The minimum atomic E-state index is -0.501. The number of nitrogens with one attached hydrogen (secondary N) is 1. The highest BCUT2D eigenvalue weighted by atomic mass is 16.3. The highest BCUT2D eigenvalue weighted by Gasteiger charge is 2.12. The fraction of sp³-hybridized carbons (Fsp3) is 0.111. The van der Waals surface area contributed by atoms with Crippen molar-refractivity contribution in [2.24, 2.45) is 0 Å². The molecule has 0 aromatic heterocycles. The third-order valence-corrected chi connectivity index (χ3v) is 3.45. The molecular weight excluding hydrogens is 276 g/mol. The Kier molecular flexibility index (Phi) is 4.60. The molecule has 1 amide bonds. The lowest BCUT2D eigenvalue weighted by Gasteiger charge is -2.10. The van der Waals surface area contributed by atoms with E-state index in [2.05, 4.69) is 5.32 Å². The van der Waals surface area contributed by atoms with Crippen molar-refractivity contribution in [2.45, 2.75) is 13.8 Å². The van der Waals surface area contributed by atoms with Crippen LogP contribution in [-0.2, 0) is 4.79 Å². The van der Waals surface area contributed by atoms with Crippen molar-refractivity contribution in [3.8, 4) is 11.8 Å². The number of hydrogen-bond donors (Lipinski definition) is 2. The van der Waals surface area contributed by atoms with Crippen LogP contribution in [0.2, 0.25) is 0 Å². The summed E-state index contributed by atoms with van der Waals surface area (Å²) in [6, 6.07) is 14.0. The van der Waals surface area contributed by atoms with Gasteiger partial charge in [-0.15, -0.1) is 0 Å². The molecule has 0 unspecified atom stereocenters. The first-order chi connectivity index (χ1) is 10.5. The van der Waals surface area contributed by atoms with Gasteiger partial charge in [0.15, 0.2) is 0 Å². The van der Waals surface area contributed by atoms with Crippen molar-refractivity contribution in [2.75, 3.05) is 5.32 Å². The van der Waals surface area contributed by atoms with Crippen LogP contribution in [0.5, 0.6) is 5.75 Å². The van der Waals surface area contributed by atoms with Crippen LogP contribution in [-0.4, -0.2) is 11.0 Å². The number of rotatable bonds is 3. The average Bonchev–Trinajstić information content (AvgIpc) is 2.51. The van der Waals surface area contributed by atoms with Gasteiger partial charge in [-0.05, 0) is 43.2 Å². The zero-order valence-electron chi connectivity index (χ0n) is 12.4.